The Bertz CT molecular complexity index is 274. The molecular formula is C15H28BClO2. The Hall–Kier alpha value is 0.0149. The second kappa shape index (κ2) is 7.71. The summed E-state index contributed by atoms with van der Waals surface area (Å²) < 4.78 is 11.8. The smallest absolute Gasteiger partial charge is 0.400 e. The third kappa shape index (κ3) is 5.49. The van der Waals surface area contributed by atoms with Gasteiger partial charge in [-0.1, -0.05) is 31.3 Å². The van der Waals surface area contributed by atoms with Crippen LogP contribution in [0.4, 0.5) is 0 Å². The van der Waals surface area contributed by atoms with E-state index in [1.165, 1.54) is 25.7 Å². The van der Waals surface area contributed by atoms with Gasteiger partial charge >= 0.3 is 7.12 Å². The van der Waals surface area contributed by atoms with Gasteiger partial charge in [0.25, 0.3) is 0 Å². The normalized spacial score (nSPS) is 21.4. The van der Waals surface area contributed by atoms with Crippen LogP contribution in [0, 0.1) is 0 Å². The Kier molecular flexibility index (Phi) is 6.92. The van der Waals surface area contributed by atoms with Crippen molar-refractivity contribution in [1.82, 2.24) is 0 Å². The third-order valence-electron chi connectivity index (χ3n) is 4.07. The fourth-order valence-corrected chi connectivity index (χ4v) is 2.25. The maximum atomic E-state index is 5.90. The van der Waals surface area contributed by atoms with E-state index >= 15 is 0 Å². The second-order valence-corrected chi connectivity index (χ2v) is 6.68. The van der Waals surface area contributed by atoms with Gasteiger partial charge in [-0.3, -0.25) is 0 Å². The zero-order chi connectivity index (χ0) is 14.4. The summed E-state index contributed by atoms with van der Waals surface area (Å²) in [7, 11) is -0.193. The van der Waals surface area contributed by atoms with Crippen LogP contribution in [0.5, 0.6) is 0 Å². The molecule has 1 rings (SSSR count). The molecule has 0 aromatic carbocycles. The van der Waals surface area contributed by atoms with E-state index in [4.69, 9.17) is 20.9 Å². The summed E-state index contributed by atoms with van der Waals surface area (Å²) in [5.41, 5.74) is -0.465. The summed E-state index contributed by atoms with van der Waals surface area (Å²) in [4.78, 5) is 0. The molecule has 2 nitrogen and oxygen atoms in total. The standard InChI is InChI=1S/C15H28BClO2/c1-14(2)15(3,4)19-16(18-14)12-10-8-6-5-7-9-11-13-17/h10,12H,5-9,11,13H2,1-4H3. The van der Waals surface area contributed by atoms with Gasteiger partial charge in [-0.05, 0) is 47.0 Å². The molecule has 1 heterocycles. The van der Waals surface area contributed by atoms with Crippen LogP contribution >= 0.6 is 11.6 Å². The largest absolute Gasteiger partial charge is 0.486 e. The zero-order valence-corrected chi connectivity index (χ0v) is 13.6. The highest BCUT2D eigenvalue weighted by molar-refractivity contribution is 6.51. The average Bonchev–Trinajstić information content (AvgIpc) is 2.51. The average molecular weight is 287 g/mol. The molecule has 1 aliphatic rings. The van der Waals surface area contributed by atoms with Gasteiger partial charge < -0.3 is 9.31 Å². The first-order valence-electron chi connectivity index (χ1n) is 7.47. The van der Waals surface area contributed by atoms with E-state index < -0.39 is 0 Å². The summed E-state index contributed by atoms with van der Waals surface area (Å²) in [6.45, 7) is 8.32. The molecule has 0 amide bonds. The molecule has 1 aliphatic heterocycles. The molecule has 0 saturated carbocycles. The number of alkyl halides is 1. The molecule has 0 aliphatic carbocycles. The Morgan fingerprint density at radius 3 is 2.00 bits per heavy atom. The highest BCUT2D eigenvalue weighted by Gasteiger charge is 2.49. The fraction of sp³-hybridized carbons (Fsp3) is 0.867. The van der Waals surface area contributed by atoms with E-state index in [-0.39, 0.29) is 18.3 Å². The molecular weight excluding hydrogens is 258 g/mol. The minimum Gasteiger partial charge on any atom is -0.400 e. The first kappa shape index (κ1) is 17.1. The molecule has 0 aromatic rings. The van der Waals surface area contributed by atoms with E-state index in [9.17, 15) is 0 Å². The molecule has 19 heavy (non-hydrogen) atoms. The molecule has 110 valence electrons. The molecule has 0 atom stereocenters. The molecule has 0 bridgehead atoms. The van der Waals surface area contributed by atoms with E-state index in [0.717, 1.165) is 18.7 Å². The highest BCUT2D eigenvalue weighted by atomic mass is 35.5. The Labute approximate surface area is 124 Å². The van der Waals surface area contributed by atoms with Crippen molar-refractivity contribution in [3.8, 4) is 0 Å². The van der Waals surface area contributed by atoms with Crippen molar-refractivity contribution < 1.29 is 9.31 Å². The molecule has 1 fully saturated rings. The van der Waals surface area contributed by atoms with Crippen molar-refractivity contribution in [2.75, 3.05) is 5.88 Å². The van der Waals surface area contributed by atoms with Crippen molar-refractivity contribution in [1.29, 1.82) is 0 Å². The number of hydrogen-bond acceptors (Lipinski definition) is 2. The Morgan fingerprint density at radius 1 is 0.895 bits per heavy atom. The topological polar surface area (TPSA) is 18.5 Å². The van der Waals surface area contributed by atoms with Crippen molar-refractivity contribution in [2.45, 2.75) is 77.4 Å². The van der Waals surface area contributed by atoms with Crippen molar-refractivity contribution in [2.24, 2.45) is 0 Å². The lowest BCUT2D eigenvalue weighted by molar-refractivity contribution is 0.00578. The lowest BCUT2D eigenvalue weighted by Crippen LogP contribution is -2.41. The minimum atomic E-state index is -0.233. The molecule has 0 unspecified atom stereocenters. The van der Waals surface area contributed by atoms with Crippen LogP contribution in [0.3, 0.4) is 0 Å². The molecule has 0 aromatic heterocycles. The van der Waals surface area contributed by atoms with E-state index in [1.54, 1.807) is 0 Å². The summed E-state index contributed by atoms with van der Waals surface area (Å²) in [6.07, 6.45) is 9.49. The van der Waals surface area contributed by atoms with Crippen molar-refractivity contribution >= 4 is 18.7 Å². The number of hydrogen-bond donors (Lipinski definition) is 0. The summed E-state index contributed by atoms with van der Waals surface area (Å²) in [5, 5.41) is 0. The van der Waals surface area contributed by atoms with E-state index in [1.807, 2.05) is 0 Å². The van der Waals surface area contributed by atoms with Crippen LogP contribution in [0.2, 0.25) is 0 Å². The Morgan fingerprint density at radius 2 is 1.42 bits per heavy atom. The molecule has 0 spiro atoms. The van der Waals surface area contributed by atoms with E-state index in [0.29, 0.717) is 0 Å². The van der Waals surface area contributed by atoms with Crippen LogP contribution in [0.15, 0.2) is 12.1 Å². The lowest BCUT2D eigenvalue weighted by atomic mass is 9.89. The van der Waals surface area contributed by atoms with Crippen LogP contribution in [-0.2, 0) is 9.31 Å². The number of halogens is 1. The maximum absolute atomic E-state index is 5.90. The second-order valence-electron chi connectivity index (χ2n) is 6.30. The lowest BCUT2D eigenvalue weighted by Gasteiger charge is -2.32. The van der Waals surface area contributed by atoms with E-state index in [2.05, 4.69) is 39.7 Å². The quantitative estimate of drug-likeness (QED) is 0.364. The zero-order valence-electron chi connectivity index (χ0n) is 12.9. The fourth-order valence-electron chi connectivity index (χ4n) is 2.06. The van der Waals surface area contributed by atoms with Gasteiger partial charge in [0.05, 0.1) is 11.2 Å². The van der Waals surface area contributed by atoms with Gasteiger partial charge in [0.1, 0.15) is 0 Å². The Balaban J connectivity index is 2.14. The van der Waals surface area contributed by atoms with Gasteiger partial charge in [0.15, 0.2) is 0 Å². The first-order chi connectivity index (χ1) is 8.89. The number of rotatable bonds is 8. The van der Waals surface area contributed by atoms with Crippen LogP contribution in [-0.4, -0.2) is 24.2 Å². The monoisotopic (exact) mass is 286 g/mol. The van der Waals surface area contributed by atoms with Crippen molar-refractivity contribution in [3.05, 3.63) is 12.1 Å². The molecule has 4 heteroatoms. The molecule has 0 N–H and O–H groups in total. The van der Waals surface area contributed by atoms with Gasteiger partial charge in [-0.2, -0.15) is 0 Å². The minimum absolute atomic E-state index is 0.193. The molecule has 1 saturated heterocycles. The maximum Gasteiger partial charge on any atom is 0.486 e. The van der Waals surface area contributed by atoms with Crippen LogP contribution < -0.4 is 0 Å². The SMILES string of the molecule is CC1(C)OB(C=CCCCCCCCCl)OC1(C)C. The van der Waals surface area contributed by atoms with Crippen molar-refractivity contribution in [3.63, 3.8) is 0 Å². The summed E-state index contributed by atoms with van der Waals surface area (Å²) in [5.74, 6) is 2.84. The van der Waals surface area contributed by atoms with Gasteiger partial charge in [-0.25, -0.2) is 0 Å². The predicted octanol–water partition coefficient (Wildman–Crippen LogP) is 4.75. The van der Waals surface area contributed by atoms with Crippen LogP contribution in [0.1, 0.15) is 66.2 Å². The first-order valence-corrected chi connectivity index (χ1v) is 8.01. The highest BCUT2D eigenvalue weighted by Crippen LogP contribution is 2.36. The molecule has 0 radical (unpaired) electrons. The van der Waals surface area contributed by atoms with Gasteiger partial charge in [0, 0.05) is 5.88 Å². The van der Waals surface area contributed by atoms with Gasteiger partial charge in [0.2, 0.25) is 0 Å². The van der Waals surface area contributed by atoms with Crippen LogP contribution in [0.25, 0.3) is 0 Å². The number of unbranched alkanes of at least 4 members (excludes halogenated alkanes) is 5. The predicted molar refractivity (Wildman–Crippen MR) is 83.6 cm³/mol. The summed E-state index contributed by atoms with van der Waals surface area (Å²) in [6, 6.07) is 0. The summed E-state index contributed by atoms with van der Waals surface area (Å²) >= 11 is 5.64. The van der Waals surface area contributed by atoms with Gasteiger partial charge in [-0.15, -0.1) is 11.6 Å². The number of allylic oxidation sites excluding steroid dienone is 1. The third-order valence-corrected chi connectivity index (χ3v) is 4.34.